The van der Waals surface area contributed by atoms with Gasteiger partial charge in [-0.3, -0.25) is 15.2 Å². The lowest BCUT2D eigenvalue weighted by molar-refractivity contribution is -0.123. The summed E-state index contributed by atoms with van der Waals surface area (Å²) in [5.41, 5.74) is 4.76. The Kier molecular flexibility index (Phi) is 6.37. The first kappa shape index (κ1) is 17.2. The van der Waals surface area contributed by atoms with Crippen LogP contribution in [0.5, 0.6) is 0 Å². The largest absolute Gasteiger partial charge is 0.385 e. The van der Waals surface area contributed by atoms with E-state index in [-0.39, 0.29) is 5.91 Å². The van der Waals surface area contributed by atoms with Crippen LogP contribution in [0.3, 0.4) is 0 Å². The molecule has 1 amide bonds. The van der Waals surface area contributed by atoms with Gasteiger partial charge >= 0.3 is 0 Å². The van der Waals surface area contributed by atoms with Gasteiger partial charge in [0.05, 0.1) is 6.42 Å². The van der Waals surface area contributed by atoms with Gasteiger partial charge in [-0.1, -0.05) is 18.2 Å². The zero-order valence-electron chi connectivity index (χ0n) is 13.4. The number of carbonyl (C=O) groups is 1. The van der Waals surface area contributed by atoms with E-state index in [1.54, 1.807) is 14.2 Å². The van der Waals surface area contributed by atoms with Gasteiger partial charge in [0.2, 0.25) is 5.91 Å². The summed E-state index contributed by atoms with van der Waals surface area (Å²) in [5.74, 6) is -0.113. The summed E-state index contributed by atoms with van der Waals surface area (Å²) in [5, 5.41) is 6.14. The summed E-state index contributed by atoms with van der Waals surface area (Å²) in [6.45, 7) is 1.38. The number of nitrogens with one attached hydrogen (secondary N) is 3. The lowest BCUT2D eigenvalue weighted by Gasteiger charge is -2.21. The molecule has 0 atom stereocenters. The molecule has 1 aromatic heterocycles. The van der Waals surface area contributed by atoms with Crippen molar-refractivity contribution in [1.82, 2.24) is 20.7 Å². The van der Waals surface area contributed by atoms with E-state index in [4.69, 9.17) is 17.0 Å². The van der Waals surface area contributed by atoms with Crippen LogP contribution in [0.15, 0.2) is 30.5 Å². The van der Waals surface area contributed by atoms with Crippen LogP contribution in [0.25, 0.3) is 10.9 Å². The van der Waals surface area contributed by atoms with Gasteiger partial charge < -0.3 is 15.0 Å². The summed E-state index contributed by atoms with van der Waals surface area (Å²) in [6.07, 6.45) is 3.01. The number of methoxy groups -OCH3 is 1. The highest BCUT2D eigenvalue weighted by Gasteiger charge is 2.11. The van der Waals surface area contributed by atoms with E-state index in [2.05, 4.69) is 15.7 Å². The number of amides is 1. The zero-order chi connectivity index (χ0) is 16.7. The molecule has 7 heteroatoms. The second-order valence-electron chi connectivity index (χ2n) is 5.21. The molecule has 0 radical (unpaired) electrons. The number of carbonyl (C=O) groups excluding carboxylic acids is 1. The van der Waals surface area contributed by atoms with Crippen molar-refractivity contribution in [1.29, 1.82) is 0 Å². The number of benzene rings is 1. The van der Waals surface area contributed by atoms with Crippen molar-refractivity contribution in [2.45, 2.75) is 12.8 Å². The molecule has 3 N–H and O–H groups in total. The Morgan fingerprint density at radius 1 is 1.39 bits per heavy atom. The Hall–Kier alpha value is -2.12. The summed E-state index contributed by atoms with van der Waals surface area (Å²) < 4.78 is 4.97. The second kappa shape index (κ2) is 8.50. The van der Waals surface area contributed by atoms with Crippen LogP contribution >= 0.6 is 12.2 Å². The predicted octanol–water partition coefficient (Wildman–Crippen LogP) is 1.58. The van der Waals surface area contributed by atoms with Crippen molar-refractivity contribution in [3.63, 3.8) is 0 Å². The molecular formula is C16H22N4O2S. The van der Waals surface area contributed by atoms with E-state index >= 15 is 0 Å². The molecule has 2 aromatic rings. The van der Waals surface area contributed by atoms with Crippen LogP contribution in [0.1, 0.15) is 12.0 Å². The average molecular weight is 334 g/mol. The number of hydrogen-bond acceptors (Lipinski definition) is 3. The summed E-state index contributed by atoms with van der Waals surface area (Å²) in [6, 6.07) is 7.91. The van der Waals surface area contributed by atoms with E-state index in [0.717, 1.165) is 22.9 Å². The highest BCUT2D eigenvalue weighted by atomic mass is 32.1. The molecule has 0 saturated heterocycles. The third-order valence-corrected chi connectivity index (χ3v) is 3.84. The van der Waals surface area contributed by atoms with Crippen molar-refractivity contribution >= 4 is 34.1 Å². The van der Waals surface area contributed by atoms with E-state index in [9.17, 15) is 4.79 Å². The maximum absolute atomic E-state index is 12.2. The first-order valence-electron chi connectivity index (χ1n) is 7.46. The number of thiocarbonyl (C=S) groups is 1. The molecule has 1 heterocycles. The number of hydrogen-bond donors (Lipinski definition) is 3. The van der Waals surface area contributed by atoms with Gasteiger partial charge in [0, 0.05) is 44.4 Å². The van der Waals surface area contributed by atoms with Crippen LogP contribution < -0.4 is 10.7 Å². The fourth-order valence-electron chi connectivity index (χ4n) is 2.26. The number of fused-ring (bicyclic) bond motifs is 1. The highest BCUT2D eigenvalue weighted by Crippen LogP contribution is 2.17. The van der Waals surface area contributed by atoms with Crippen LogP contribution in [0.2, 0.25) is 0 Å². The van der Waals surface area contributed by atoms with E-state index in [1.807, 2.05) is 30.5 Å². The molecule has 0 bridgehead atoms. The van der Waals surface area contributed by atoms with Gasteiger partial charge in [-0.15, -0.1) is 0 Å². The van der Waals surface area contributed by atoms with Gasteiger partial charge in [-0.2, -0.15) is 0 Å². The quantitative estimate of drug-likeness (QED) is 0.425. The van der Waals surface area contributed by atoms with Gasteiger partial charge in [0.1, 0.15) is 0 Å². The molecule has 0 saturated carbocycles. The first-order chi connectivity index (χ1) is 11.1. The number of aromatic amines is 1. The molecule has 0 aliphatic heterocycles. The predicted molar refractivity (Wildman–Crippen MR) is 95.0 cm³/mol. The smallest absolute Gasteiger partial charge is 0.243 e. The Bertz CT molecular complexity index is 671. The fraction of sp³-hybridized carbons (Fsp3) is 0.375. The topological polar surface area (TPSA) is 69.4 Å². The molecule has 23 heavy (non-hydrogen) atoms. The van der Waals surface area contributed by atoms with Gasteiger partial charge in [-0.25, -0.2) is 0 Å². The molecule has 124 valence electrons. The van der Waals surface area contributed by atoms with Gasteiger partial charge in [0.25, 0.3) is 0 Å². The van der Waals surface area contributed by atoms with Crippen molar-refractivity contribution < 1.29 is 9.53 Å². The molecule has 2 rings (SSSR count). The highest BCUT2D eigenvalue weighted by molar-refractivity contribution is 7.80. The van der Waals surface area contributed by atoms with Gasteiger partial charge in [-0.05, 0) is 30.3 Å². The molecular weight excluding hydrogens is 312 g/mol. The molecule has 6 nitrogen and oxygen atoms in total. The summed E-state index contributed by atoms with van der Waals surface area (Å²) >= 11 is 5.22. The number of aromatic nitrogens is 1. The minimum absolute atomic E-state index is 0.113. The fourth-order valence-corrected chi connectivity index (χ4v) is 2.41. The van der Waals surface area contributed by atoms with Crippen molar-refractivity contribution in [3.8, 4) is 0 Å². The number of H-pyrrole nitrogens is 1. The molecule has 0 unspecified atom stereocenters. The van der Waals surface area contributed by atoms with E-state index < -0.39 is 0 Å². The number of rotatable bonds is 6. The molecule has 0 aliphatic rings. The Morgan fingerprint density at radius 3 is 2.96 bits per heavy atom. The molecule has 0 spiro atoms. The average Bonchev–Trinajstić information content (AvgIpc) is 2.94. The maximum Gasteiger partial charge on any atom is 0.243 e. The standard InChI is InChI=1S/C16H22N4O2S/c1-20(16(23)17-8-5-9-22-2)19-15(21)10-12-11-18-14-7-4-3-6-13(12)14/h3-4,6-7,11,18H,5,8-10H2,1-2H3,(H,17,23)(H,19,21). The van der Waals surface area contributed by atoms with Crippen molar-refractivity contribution in [2.75, 3.05) is 27.3 Å². The van der Waals surface area contributed by atoms with Crippen LogP contribution in [0.4, 0.5) is 0 Å². The number of nitrogens with zero attached hydrogens (tertiary/aromatic N) is 1. The van der Waals surface area contributed by atoms with Crippen molar-refractivity contribution in [2.24, 2.45) is 0 Å². The van der Waals surface area contributed by atoms with Crippen LogP contribution in [-0.2, 0) is 16.0 Å². The number of para-hydroxylation sites is 1. The SMILES string of the molecule is COCCCNC(=S)N(C)NC(=O)Cc1c[nH]c2ccccc12. The second-order valence-corrected chi connectivity index (χ2v) is 5.60. The van der Waals surface area contributed by atoms with E-state index in [1.165, 1.54) is 5.01 Å². The minimum atomic E-state index is -0.113. The van der Waals surface area contributed by atoms with Gasteiger partial charge in [0.15, 0.2) is 5.11 Å². The molecule has 1 aromatic carbocycles. The lowest BCUT2D eigenvalue weighted by atomic mass is 10.1. The minimum Gasteiger partial charge on any atom is -0.385 e. The third kappa shape index (κ3) is 4.94. The number of hydrazine groups is 1. The Labute approximate surface area is 141 Å². The molecule has 0 fully saturated rings. The summed E-state index contributed by atoms with van der Waals surface area (Å²) in [7, 11) is 3.38. The maximum atomic E-state index is 12.2. The van der Waals surface area contributed by atoms with Crippen LogP contribution in [-0.4, -0.2) is 48.3 Å². The summed E-state index contributed by atoms with van der Waals surface area (Å²) in [4.78, 5) is 15.3. The normalized spacial score (nSPS) is 10.5. The lowest BCUT2D eigenvalue weighted by Crippen LogP contribution is -2.48. The van der Waals surface area contributed by atoms with Crippen LogP contribution in [0, 0.1) is 0 Å². The Morgan fingerprint density at radius 2 is 2.17 bits per heavy atom. The van der Waals surface area contributed by atoms with Crippen molar-refractivity contribution in [3.05, 3.63) is 36.0 Å². The first-order valence-corrected chi connectivity index (χ1v) is 7.87. The number of ether oxygens (including phenoxy) is 1. The Balaban J connectivity index is 1.83. The molecule has 0 aliphatic carbocycles. The third-order valence-electron chi connectivity index (χ3n) is 3.42. The zero-order valence-corrected chi connectivity index (χ0v) is 14.2. The van der Waals surface area contributed by atoms with E-state index in [0.29, 0.717) is 24.7 Å². The monoisotopic (exact) mass is 334 g/mol.